The second kappa shape index (κ2) is 3.74. The van der Waals surface area contributed by atoms with Crippen LogP contribution in [0.3, 0.4) is 0 Å². The first-order chi connectivity index (χ1) is 4.48. The van der Waals surface area contributed by atoms with E-state index in [1.807, 2.05) is 13.0 Å². The van der Waals surface area contributed by atoms with Crippen molar-refractivity contribution in [2.75, 3.05) is 0 Å². The first kappa shape index (κ1) is 9.66. The summed E-state index contributed by atoms with van der Waals surface area (Å²) in [5.41, 5.74) is -1.02. The Morgan fingerprint density at radius 2 is 2.00 bits per heavy atom. The molecule has 0 aliphatic heterocycles. The number of hydrogen-bond donors (Lipinski definition) is 2. The van der Waals surface area contributed by atoms with Gasteiger partial charge in [-0.1, -0.05) is 19.1 Å². The van der Waals surface area contributed by atoms with Crippen molar-refractivity contribution in [3.63, 3.8) is 0 Å². The Balaban J connectivity index is 3.84. The van der Waals surface area contributed by atoms with Crippen LogP contribution < -0.4 is 0 Å². The van der Waals surface area contributed by atoms with Gasteiger partial charge in [-0.2, -0.15) is 0 Å². The smallest absolute Gasteiger partial charge is 0.100 e. The fourth-order valence-electron chi connectivity index (χ4n) is 0.500. The van der Waals surface area contributed by atoms with E-state index in [4.69, 9.17) is 0 Å². The monoisotopic (exact) mass is 144 g/mol. The molecule has 10 heavy (non-hydrogen) atoms. The topological polar surface area (TPSA) is 40.5 Å². The predicted molar refractivity (Wildman–Crippen MR) is 41.7 cm³/mol. The van der Waals surface area contributed by atoms with Crippen molar-refractivity contribution in [1.82, 2.24) is 0 Å². The molecule has 0 spiro atoms. The van der Waals surface area contributed by atoms with Gasteiger partial charge < -0.3 is 10.2 Å². The van der Waals surface area contributed by atoms with E-state index in [0.717, 1.165) is 6.42 Å². The van der Waals surface area contributed by atoms with E-state index in [-0.39, 0.29) is 0 Å². The average molecular weight is 144 g/mol. The van der Waals surface area contributed by atoms with Gasteiger partial charge in [0.25, 0.3) is 0 Å². The van der Waals surface area contributed by atoms with Gasteiger partial charge >= 0.3 is 0 Å². The highest BCUT2D eigenvalue weighted by Crippen LogP contribution is 2.09. The Labute approximate surface area is 62.2 Å². The summed E-state index contributed by atoms with van der Waals surface area (Å²) >= 11 is 0. The molecule has 0 fully saturated rings. The van der Waals surface area contributed by atoms with Crippen LogP contribution in [-0.4, -0.2) is 21.9 Å². The summed E-state index contributed by atoms with van der Waals surface area (Å²) in [7, 11) is 0. The van der Waals surface area contributed by atoms with Gasteiger partial charge in [-0.05, 0) is 20.3 Å². The summed E-state index contributed by atoms with van der Waals surface area (Å²) in [5.74, 6) is 0. The van der Waals surface area contributed by atoms with Gasteiger partial charge in [-0.25, -0.2) is 0 Å². The molecule has 0 aliphatic rings. The molecule has 0 bridgehead atoms. The average Bonchev–Trinajstić information content (AvgIpc) is 1.80. The van der Waals surface area contributed by atoms with E-state index in [2.05, 4.69) is 0 Å². The lowest BCUT2D eigenvalue weighted by atomic mass is 10.0. The highest BCUT2D eigenvalue weighted by atomic mass is 16.3. The minimum atomic E-state index is -1.02. The Morgan fingerprint density at radius 3 is 2.30 bits per heavy atom. The van der Waals surface area contributed by atoms with Crippen LogP contribution in [0.2, 0.25) is 0 Å². The summed E-state index contributed by atoms with van der Waals surface area (Å²) in [5, 5.41) is 18.4. The van der Waals surface area contributed by atoms with Gasteiger partial charge in [0, 0.05) is 0 Å². The normalized spacial score (nSPS) is 16.1. The number of allylic oxidation sites excluding steroid dienone is 1. The van der Waals surface area contributed by atoms with Crippen LogP contribution in [0.25, 0.3) is 0 Å². The summed E-state index contributed by atoms with van der Waals surface area (Å²) in [6, 6.07) is 0. The Morgan fingerprint density at radius 1 is 1.50 bits per heavy atom. The molecule has 0 aromatic carbocycles. The van der Waals surface area contributed by atoms with E-state index in [9.17, 15) is 10.2 Å². The van der Waals surface area contributed by atoms with Gasteiger partial charge in [-0.15, -0.1) is 0 Å². The van der Waals surface area contributed by atoms with E-state index in [1.165, 1.54) is 0 Å². The van der Waals surface area contributed by atoms with Gasteiger partial charge in [-0.3, -0.25) is 0 Å². The Hall–Kier alpha value is -0.340. The van der Waals surface area contributed by atoms with Crippen molar-refractivity contribution in [3.8, 4) is 0 Å². The SMILES string of the molecule is CC/C=C/C(O)C(C)(C)O. The van der Waals surface area contributed by atoms with Crippen molar-refractivity contribution >= 4 is 0 Å². The second-order valence-electron chi connectivity index (χ2n) is 2.93. The molecule has 60 valence electrons. The first-order valence-electron chi connectivity index (χ1n) is 3.55. The maximum Gasteiger partial charge on any atom is 0.100 e. The highest BCUT2D eigenvalue weighted by Gasteiger charge is 2.20. The van der Waals surface area contributed by atoms with Crippen molar-refractivity contribution in [3.05, 3.63) is 12.2 Å². The van der Waals surface area contributed by atoms with Crippen LogP contribution in [0, 0.1) is 0 Å². The van der Waals surface area contributed by atoms with Crippen LogP contribution in [0.1, 0.15) is 27.2 Å². The van der Waals surface area contributed by atoms with Crippen molar-refractivity contribution < 1.29 is 10.2 Å². The zero-order chi connectivity index (χ0) is 8.20. The third-order valence-corrected chi connectivity index (χ3v) is 1.28. The molecule has 0 radical (unpaired) electrons. The van der Waals surface area contributed by atoms with Gasteiger partial charge in [0.15, 0.2) is 0 Å². The van der Waals surface area contributed by atoms with Crippen molar-refractivity contribution in [1.29, 1.82) is 0 Å². The maximum absolute atomic E-state index is 9.21. The fourth-order valence-corrected chi connectivity index (χ4v) is 0.500. The first-order valence-corrected chi connectivity index (χ1v) is 3.55. The minimum absolute atomic E-state index is 0.757. The van der Waals surface area contributed by atoms with Crippen LogP contribution in [0.5, 0.6) is 0 Å². The third-order valence-electron chi connectivity index (χ3n) is 1.28. The molecular weight excluding hydrogens is 128 g/mol. The molecule has 0 heterocycles. The maximum atomic E-state index is 9.21. The largest absolute Gasteiger partial charge is 0.387 e. The molecule has 0 amide bonds. The van der Waals surface area contributed by atoms with Crippen molar-refractivity contribution in [2.24, 2.45) is 0 Å². The zero-order valence-corrected chi connectivity index (χ0v) is 6.83. The molecule has 2 N–H and O–H groups in total. The van der Waals surface area contributed by atoms with E-state index in [0.29, 0.717) is 0 Å². The zero-order valence-electron chi connectivity index (χ0n) is 6.83. The molecule has 0 aromatic heterocycles. The fraction of sp³-hybridized carbons (Fsp3) is 0.750. The highest BCUT2D eigenvalue weighted by molar-refractivity contribution is 4.95. The van der Waals surface area contributed by atoms with E-state index < -0.39 is 11.7 Å². The van der Waals surface area contributed by atoms with Gasteiger partial charge in [0.05, 0.1) is 5.60 Å². The number of rotatable bonds is 3. The lowest BCUT2D eigenvalue weighted by molar-refractivity contribution is -0.0226. The molecule has 0 aliphatic carbocycles. The molecule has 0 saturated carbocycles. The standard InChI is InChI=1S/C8H16O2/c1-4-5-6-7(9)8(2,3)10/h5-7,9-10H,4H2,1-3H3/b6-5+. The summed E-state index contributed by atoms with van der Waals surface area (Å²) in [4.78, 5) is 0. The second-order valence-corrected chi connectivity index (χ2v) is 2.93. The van der Waals surface area contributed by atoms with Gasteiger partial charge in [0.1, 0.15) is 6.10 Å². The van der Waals surface area contributed by atoms with Crippen molar-refractivity contribution in [2.45, 2.75) is 38.9 Å². The number of hydrogen-bond acceptors (Lipinski definition) is 2. The Kier molecular flexibility index (Phi) is 3.61. The van der Waals surface area contributed by atoms with Crippen LogP contribution >= 0.6 is 0 Å². The van der Waals surface area contributed by atoms with Crippen LogP contribution in [0.15, 0.2) is 12.2 Å². The quantitative estimate of drug-likeness (QED) is 0.582. The lowest BCUT2D eigenvalue weighted by Crippen LogP contribution is -2.33. The molecule has 0 rings (SSSR count). The van der Waals surface area contributed by atoms with Gasteiger partial charge in [0.2, 0.25) is 0 Å². The Bertz CT molecular complexity index is 111. The molecule has 0 aromatic rings. The molecule has 2 nitrogen and oxygen atoms in total. The molecule has 1 unspecified atom stereocenters. The summed E-state index contributed by atoms with van der Waals surface area (Å²) in [6.45, 7) is 5.14. The molecular formula is C8H16O2. The van der Waals surface area contributed by atoms with Crippen LogP contribution in [-0.2, 0) is 0 Å². The van der Waals surface area contributed by atoms with Crippen LogP contribution in [0.4, 0.5) is 0 Å². The summed E-state index contributed by atoms with van der Waals surface area (Å²) in [6.07, 6.45) is 3.57. The molecule has 1 atom stereocenters. The molecule has 2 heteroatoms. The number of aliphatic hydroxyl groups is 2. The molecule has 0 saturated heterocycles. The third kappa shape index (κ3) is 3.64. The van der Waals surface area contributed by atoms with E-state index in [1.54, 1.807) is 19.9 Å². The summed E-state index contributed by atoms with van der Waals surface area (Å²) < 4.78 is 0. The lowest BCUT2D eigenvalue weighted by Gasteiger charge is -2.21. The van der Waals surface area contributed by atoms with E-state index >= 15 is 0 Å². The minimum Gasteiger partial charge on any atom is -0.387 e. The predicted octanol–water partition coefficient (Wildman–Crippen LogP) is 1.08. The number of aliphatic hydroxyl groups excluding tert-OH is 1.